The minimum atomic E-state index is 0.355. The third kappa shape index (κ3) is 2.88. The Morgan fingerprint density at radius 1 is 1.33 bits per heavy atom. The monoisotopic (exact) mass is 246 g/mol. The van der Waals surface area contributed by atoms with Gasteiger partial charge in [-0.25, -0.2) is 0 Å². The van der Waals surface area contributed by atoms with Gasteiger partial charge in [-0.2, -0.15) is 5.10 Å². The summed E-state index contributed by atoms with van der Waals surface area (Å²) < 4.78 is 9.74. The average Bonchev–Trinajstić information content (AvgIpc) is 2.88. The molecular weight excluding hydrogens is 232 g/mol. The molecule has 0 saturated carbocycles. The molecule has 1 heterocycles. The van der Waals surface area contributed by atoms with Crippen LogP contribution in [0.3, 0.4) is 0 Å². The number of aromatic amines is 1. The summed E-state index contributed by atoms with van der Waals surface area (Å²) in [6.07, 6.45) is 0.627. The second-order valence-electron chi connectivity index (χ2n) is 3.72. The van der Waals surface area contributed by atoms with Gasteiger partial charge in [0.05, 0.1) is 19.4 Å². The smallest absolute Gasteiger partial charge is 0.293 e. The zero-order chi connectivity index (χ0) is 12.8. The molecule has 1 aromatic carbocycles. The molecule has 0 unspecified atom stereocenters. The molecule has 0 fully saturated rings. The fourth-order valence-corrected chi connectivity index (χ4v) is 1.62. The van der Waals surface area contributed by atoms with Crippen molar-refractivity contribution in [2.24, 2.45) is 0 Å². The highest BCUT2D eigenvalue weighted by Gasteiger charge is 2.04. The number of aromatic nitrogens is 2. The Bertz CT molecular complexity index is 505. The molecule has 0 spiro atoms. The first-order valence-electron chi connectivity index (χ1n) is 5.57. The molecule has 5 nitrogen and oxygen atoms in total. The number of nitrogens with one attached hydrogen (secondary N) is 1. The molecule has 94 valence electrons. The van der Waals surface area contributed by atoms with E-state index in [1.807, 2.05) is 30.3 Å². The summed E-state index contributed by atoms with van der Waals surface area (Å²) in [7, 11) is 1.63. The van der Waals surface area contributed by atoms with E-state index in [2.05, 4.69) is 14.9 Å². The third-order valence-corrected chi connectivity index (χ3v) is 2.57. The standard InChI is InChI=1S/C13H14N2O3/c1-17-12-4-2-10(3-5-12)13-8-11(14-15-13)6-7-18-9-16/h2-5,8-9H,6-7H2,1H3,(H,14,15). The van der Waals surface area contributed by atoms with E-state index in [0.29, 0.717) is 19.5 Å². The van der Waals surface area contributed by atoms with Crippen molar-refractivity contribution in [2.75, 3.05) is 13.7 Å². The lowest BCUT2D eigenvalue weighted by atomic mass is 10.1. The number of carbonyl (C=O) groups excluding carboxylic acids is 1. The number of methoxy groups -OCH3 is 1. The van der Waals surface area contributed by atoms with Crippen LogP contribution in [0.1, 0.15) is 5.69 Å². The number of rotatable bonds is 6. The van der Waals surface area contributed by atoms with Crippen LogP contribution in [0.4, 0.5) is 0 Å². The van der Waals surface area contributed by atoms with E-state index in [1.165, 1.54) is 0 Å². The minimum absolute atomic E-state index is 0.355. The van der Waals surface area contributed by atoms with Crippen molar-refractivity contribution < 1.29 is 14.3 Å². The first-order chi connectivity index (χ1) is 8.83. The Labute approximate surface area is 105 Å². The molecule has 0 atom stereocenters. The van der Waals surface area contributed by atoms with Gasteiger partial charge in [-0.05, 0) is 30.3 Å². The van der Waals surface area contributed by atoms with Crippen LogP contribution in [0.15, 0.2) is 30.3 Å². The summed E-state index contributed by atoms with van der Waals surface area (Å²) in [5.74, 6) is 0.814. The fourth-order valence-electron chi connectivity index (χ4n) is 1.62. The van der Waals surface area contributed by atoms with Gasteiger partial charge in [0.1, 0.15) is 5.75 Å². The van der Waals surface area contributed by atoms with Crippen molar-refractivity contribution in [3.8, 4) is 17.0 Å². The zero-order valence-corrected chi connectivity index (χ0v) is 10.1. The van der Waals surface area contributed by atoms with Gasteiger partial charge in [-0.3, -0.25) is 9.89 Å². The van der Waals surface area contributed by atoms with E-state index in [0.717, 1.165) is 22.7 Å². The van der Waals surface area contributed by atoms with Gasteiger partial charge in [-0.15, -0.1) is 0 Å². The lowest BCUT2D eigenvalue weighted by Gasteiger charge is -2.00. The number of hydrogen-bond acceptors (Lipinski definition) is 4. The molecule has 0 aliphatic heterocycles. The number of benzene rings is 1. The molecule has 0 aliphatic carbocycles. The maximum atomic E-state index is 10.0. The van der Waals surface area contributed by atoms with Crippen LogP contribution in [-0.4, -0.2) is 30.4 Å². The summed E-state index contributed by atoms with van der Waals surface area (Å²) in [5, 5.41) is 7.13. The van der Waals surface area contributed by atoms with Crippen LogP contribution < -0.4 is 4.74 Å². The maximum absolute atomic E-state index is 10.0. The highest BCUT2D eigenvalue weighted by Crippen LogP contribution is 2.21. The second kappa shape index (κ2) is 5.86. The molecule has 0 bridgehead atoms. The summed E-state index contributed by atoms with van der Waals surface area (Å²) in [6.45, 7) is 0.800. The molecule has 0 saturated heterocycles. The quantitative estimate of drug-likeness (QED) is 0.623. The van der Waals surface area contributed by atoms with E-state index >= 15 is 0 Å². The molecule has 0 radical (unpaired) electrons. The van der Waals surface area contributed by atoms with Crippen molar-refractivity contribution in [1.29, 1.82) is 0 Å². The Morgan fingerprint density at radius 2 is 2.11 bits per heavy atom. The molecule has 0 aliphatic rings. The van der Waals surface area contributed by atoms with E-state index in [4.69, 9.17) is 4.74 Å². The van der Waals surface area contributed by atoms with Crippen molar-refractivity contribution in [3.05, 3.63) is 36.0 Å². The Kier molecular flexibility index (Phi) is 3.96. The van der Waals surface area contributed by atoms with E-state index in [9.17, 15) is 4.79 Å². The first kappa shape index (κ1) is 12.2. The van der Waals surface area contributed by atoms with Gasteiger partial charge in [0, 0.05) is 17.7 Å². The summed E-state index contributed by atoms with van der Waals surface area (Å²) in [5.41, 5.74) is 2.80. The number of nitrogens with zero attached hydrogens (tertiary/aromatic N) is 1. The predicted molar refractivity (Wildman–Crippen MR) is 66.3 cm³/mol. The molecule has 18 heavy (non-hydrogen) atoms. The number of hydrogen-bond donors (Lipinski definition) is 1. The van der Waals surface area contributed by atoms with Crippen molar-refractivity contribution in [3.63, 3.8) is 0 Å². The first-order valence-corrected chi connectivity index (χ1v) is 5.57. The van der Waals surface area contributed by atoms with Crippen molar-refractivity contribution >= 4 is 6.47 Å². The highest BCUT2D eigenvalue weighted by molar-refractivity contribution is 5.60. The number of H-pyrrole nitrogens is 1. The predicted octanol–water partition coefficient (Wildman–Crippen LogP) is 1.80. The Balaban J connectivity index is 2.06. The van der Waals surface area contributed by atoms with Gasteiger partial charge in [-0.1, -0.05) is 0 Å². The molecule has 1 N–H and O–H groups in total. The van der Waals surface area contributed by atoms with Gasteiger partial charge >= 0.3 is 0 Å². The maximum Gasteiger partial charge on any atom is 0.293 e. The van der Waals surface area contributed by atoms with E-state index in [1.54, 1.807) is 7.11 Å². The molecule has 2 rings (SSSR count). The topological polar surface area (TPSA) is 64.2 Å². The normalized spacial score (nSPS) is 10.1. The molecular formula is C13H14N2O3. The van der Waals surface area contributed by atoms with Crippen LogP contribution in [-0.2, 0) is 16.0 Å². The van der Waals surface area contributed by atoms with Crippen molar-refractivity contribution in [1.82, 2.24) is 10.2 Å². The summed E-state index contributed by atoms with van der Waals surface area (Å²) >= 11 is 0. The zero-order valence-electron chi connectivity index (χ0n) is 10.1. The SMILES string of the molecule is COc1ccc(-c2cc(CCOC=O)[nH]n2)cc1. The minimum Gasteiger partial charge on any atom is -0.497 e. The van der Waals surface area contributed by atoms with Gasteiger partial charge in [0.15, 0.2) is 0 Å². The molecule has 2 aromatic rings. The van der Waals surface area contributed by atoms with E-state index in [-0.39, 0.29) is 0 Å². The van der Waals surface area contributed by atoms with Crippen LogP contribution in [0.5, 0.6) is 5.75 Å². The lowest BCUT2D eigenvalue weighted by Crippen LogP contribution is -1.96. The fraction of sp³-hybridized carbons (Fsp3) is 0.231. The summed E-state index contributed by atoms with van der Waals surface area (Å²) in [4.78, 5) is 10.0. The highest BCUT2D eigenvalue weighted by atomic mass is 16.5. The third-order valence-electron chi connectivity index (χ3n) is 2.57. The van der Waals surface area contributed by atoms with Crippen LogP contribution in [0.2, 0.25) is 0 Å². The molecule has 0 amide bonds. The van der Waals surface area contributed by atoms with Gasteiger partial charge in [0.25, 0.3) is 6.47 Å². The Morgan fingerprint density at radius 3 is 2.78 bits per heavy atom. The molecule has 5 heteroatoms. The van der Waals surface area contributed by atoms with Crippen molar-refractivity contribution in [2.45, 2.75) is 6.42 Å². The average molecular weight is 246 g/mol. The molecule has 1 aromatic heterocycles. The Hall–Kier alpha value is -2.30. The van der Waals surface area contributed by atoms with Gasteiger partial charge in [0.2, 0.25) is 0 Å². The number of ether oxygens (including phenoxy) is 2. The van der Waals surface area contributed by atoms with Gasteiger partial charge < -0.3 is 9.47 Å². The lowest BCUT2D eigenvalue weighted by molar-refractivity contribution is -0.128. The summed E-state index contributed by atoms with van der Waals surface area (Å²) in [6, 6.07) is 9.61. The van der Waals surface area contributed by atoms with E-state index < -0.39 is 0 Å². The second-order valence-corrected chi connectivity index (χ2v) is 3.72. The van der Waals surface area contributed by atoms with Crippen LogP contribution >= 0.6 is 0 Å². The largest absolute Gasteiger partial charge is 0.497 e. The van der Waals surface area contributed by atoms with Crippen LogP contribution in [0, 0.1) is 0 Å². The van der Waals surface area contributed by atoms with Crippen LogP contribution in [0.25, 0.3) is 11.3 Å². The number of carbonyl (C=O) groups is 1.